The number of aliphatic imine (C=N–C) groups is 1. The van der Waals surface area contributed by atoms with Crippen LogP contribution in [0.3, 0.4) is 0 Å². The molecule has 0 radical (unpaired) electrons. The molecule has 1 aromatic rings. The van der Waals surface area contributed by atoms with E-state index in [0.717, 1.165) is 38.3 Å². The first-order valence-electron chi connectivity index (χ1n) is 8.46. The summed E-state index contributed by atoms with van der Waals surface area (Å²) in [7, 11) is -2.85. The van der Waals surface area contributed by atoms with E-state index in [-0.39, 0.29) is 41.8 Å². The van der Waals surface area contributed by atoms with E-state index in [9.17, 15) is 13.5 Å². The fourth-order valence-corrected chi connectivity index (χ4v) is 5.66. The topological polar surface area (TPSA) is 82.0 Å². The Balaban J connectivity index is 0.00000225. The molecule has 2 aliphatic heterocycles. The van der Waals surface area contributed by atoms with Gasteiger partial charge in [0.15, 0.2) is 15.8 Å². The minimum absolute atomic E-state index is 0. The molecule has 2 fully saturated rings. The Labute approximate surface area is 170 Å². The molecule has 0 spiro atoms. The summed E-state index contributed by atoms with van der Waals surface area (Å²) in [6, 6.07) is 4.08. The number of hydrogen-bond donors (Lipinski definition) is 2. The number of likely N-dealkylation sites (tertiary alicyclic amines) is 1. The number of aliphatic hydroxyl groups is 1. The van der Waals surface area contributed by atoms with Crippen molar-refractivity contribution in [2.45, 2.75) is 31.9 Å². The molecule has 142 valence electrons. The maximum atomic E-state index is 11.6. The highest BCUT2D eigenvalue weighted by molar-refractivity contribution is 14.0. The van der Waals surface area contributed by atoms with Crippen molar-refractivity contribution in [1.82, 2.24) is 10.2 Å². The lowest BCUT2D eigenvalue weighted by molar-refractivity contribution is 0.108. The van der Waals surface area contributed by atoms with Crippen molar-refractivity contribution in [3.05, 3.63) is 22.4 Å². The van der Waals surface area contributed by atoms with Crippen LogP contribution in [0.1, 0.15) is 24.1 Å². The van der Waals surface area contributed by atoms with Gasteiger partial charge < -0.3 is 15.3 Å². The molecule has 25 heavy (non-hydrogen) atoms. The van der Waals surface area contributed by atoms with Gasteiger partial charge in [-0.15, -0.1) is 35.3 Å². The Morgan fingerprint density at radius 3 is 2.72 bits per heavy atom. The average molecular weight is 499 g/mol. The van der Waals surface area contributed by atoms with Gasteiger partial charge in [-0.2, -0.15) is 0 Å². The molecule has 1 aromatic heterocycles. The molecule has 0 saturated carbocycles. The van der Waals surface area contributed by atoms with Crippen molar-refractivity contribution < 1.29 is 13.5 Å². The van der Waals surface area contributed by atoms with Gasteiger partial charge in [-0.25, -0.2) is 13.4 Å². The molecule has 1 unspecified atom stereocenters. The molecular formula is C16H26IN3O3S2. The zero-order valence-electron chi connectivity index (χ0n) is 14.1. The van der Waals surface area contributed by atoms with Crippen LogP contribution in [-0.4, -0.2) is 61.6 Å². The standard InChI is InChI=1S/C16H25N3O3S2.HI/c20-14-3-6-19(7-4-14)16(18-11-15-2-1-8-23-15)17-10-13-5-9-24(21,22)12-13;/h1-2,8,13-14,20H,3-7,9-12H2,(H,17,18);1H. The van der Waals surface area contributed by atoms with E-state index in [4.69, 9.17) is 4.99 Å². The second kappa shape index (κ2) is 9.52. The molecule has 3 heterocycles. The normalized spacial score (nSPS) is 24.1. The first kappa shape index (κ1) is 20.9. The summed E-state index contributed by atoms with van der Waals surface area (Å²) in [5.74, 6) is 1.57. The Morgan fingerprint density at radius 1 is 1.36 bits per heavy atom. The summed E-state index contributed by atoms with van der Waals surface area (Å²) in [4.78, 5) is 8.10. The first-order valence-corrected chi connectivity index (χ1v) is 11.2. The number of hydrogen-bond acceptors (Lipinski definition) is 5. The number of nitrogens with one attached hydrogen (secondary N) is 1. The van der Waals surface area contributed by atoms with E-state index in [0.29, 0.717) is 18.8 Å². The quantitative estimate of drug-likeness (QED) is 0.375. The van der Waals surface area contributed by atoms with Crippen LogP contribution in [-0.2, 0) is 16.4 Å². The summed E-state index contributed by atoms with van der Waals surface area (Å²) >= 11 is 1.68. The van der Waals surface area contributed by atoms with Gasteiger partial charge in [-0.1, -0.05) is 6.07 Å². The number of halogens is 1. The van der Waals surface area contributed by atoms with Crippen molar-refractivity contribution in [1.29, 1.82) is 0 Å². The number of sulfone groups is 1. The van der Waals surface area contributed by atoms with Crippen LogP contribution in [0.2, 0.25) is 0 Å². The van der Waals surface area contributed by atoms with Crippen LogP contribution in [0, 0.1) is 5.92 Å². The second-order valence-corrected chi connectivity index (χ2v) is 9.85. The number of thiophene rings is 1. The van der Waals surface area contributed by atoms with E-state index in [1.54, 1.807) is 11.3 Å². The van der Waals surface area contributed by atoms with Gasteiger partial charge >= 0.3 is 0 Å². The molecular weight excluding hydrogens is 473 g/mol. The van der Waals surface area contributed by atoms with Crippen molar-refractivity contribution in [2.75, 3.05) is 31.1 Å². The zero-order chi connectivity index (χ0) is 17.0. The summed E-state index contributed by atoms with van der Waals surface area (Å²) < 4.78 is 23.2. The van der Waals surface area contributed by atoms with Gasteiger partial charge in [-0.05, 0) is 36.6 Å². The number of piperidine rings is 1. The van der Waals surface area contributed by atoms with Gasteiger partial charge in [0, 0.05) is 24.5 Å². The average Bonchev–Trinajstić information content (AvgIpc) is 3.18. The maximum Gasteiger partial charge on any atom is 0.194 e. The Kier molecular flexibility index (Phi) is 7.96. The number of nitrogens with zero attached hydrogens (tertiary/aromatic N) is 2. The van der Waals surface area contributed by atoms with Gasteiger partial charge in [0.1, 0.15) is 0 Å². The van der Waals surface area contributed by atoms with E-state index < -0.39 is 9.84 Å². The van der Waals surface area contributed by atoms with E-state index in [1.165, 1.54) is 4.88 Å². The molecule has 3 rings (SSSR count). The van der Waals surface area contributed by atoms with Crippen LogP contribution in [0.4, 0.5) is 0 Å². The zero-order valence-corrected chi connectivity index (χ0v) is 18.1. The highest BCUT2D eigenvalue weighted by Gasteiger charge is 2.28. The third-order valence-corrected chi connectivity index (χ3v) is 7.30. The lowest BCUT2D eigenvalue weighted by Crippen LogP contribution is -2.47. The largest absolute Gasteiger partial charge is 0.393 e. The highest BCUT2D eigenvalue weighted by atomic mass is 127. The van der Waals surface area contributed by atoms with E-state index >= 15 is 0 Å². The number of guanidine groups is 1. The van der Waals surface area contributed by atoms with Crippen molar-refractivity contribution in [3.63, 3.8) is 0 Å². The third-order valence-electron chi connectivity index (χ3n) is 4.60. The summed E-state index contributed by atoms with van der Waals surface area (Å²) in [6.07, 6.45) is 2.00. The van der Waals surface area contributed by atoms with Gasteiger partial charge in [0.05, 0.1) is 24.2 Å². The predicted molar refractivity (Wildman–Crippen MR) is 112 cm³/mol. The third kappa shape index (κ3) is 6.37. The van der Waals surface area contributed by atoms with Crippen molar-refractivity contribution >= 4 is 51.1 Å². The minimum Gasteiger partial charge on any atom is -0.393 e. The summed E-state index contributed by atoms with van der Waals surface area (Å²) in [6.45, 7) is 2.82. The molecule has 6 nitrogen and oxygen atoms in total. The summed E-state index contributed by atoms with van der Waals surface area (Å²) in [5, 5.41) is 15.1. The smallest absolute Gasteiger partial charge is 0.194 e. The van der Waals surface area contributed by atoms with Gasteiger partial charge in [0.2, 0.25) is 0 Å². The molecule has 9 heteroatoms. The maximum absolute atomic E-state index is 11.6. The fraction of sp³-hybridized carbons (Fsp3) is 0.688. The van der Waals surface area contributed by atoms with Crippen LogP contribution < -0.4 is 5.32 Å². The molecule has 2 aliphatic rings. The van der Waals surface area contributed by atoms with Gasteiger partial charge in [0.25, 0.3) is 0 Å². The lowest BCUT2D eigenvalue weighted by atomic mass is 10.1. The van der Waals surface area contributed by atoms with Crippen molar-refractivity contribution in [2.24, 2.45) is 10.9 Å². The van der Waals surface area contributed by atoms with Crippen LogP contribution in [0.15, 0.2) is 22.5 Å². The van der Waals surface area contributed by atoms with E-state index in [1.807, 2.05) is 11.4 Å². The molecule has 0 amide bonds. The fourth-order valence-electron chi connectivity index (χ4n) is 3.17. The summed E-state index contributed by atoms with van der Waals surface area (Å²) in [5.41, 5.74) is 0. The molecule has 0 bridgehead atoms. The van der Waals surface area contributed by atoms with Crippen LogP contribution in [0.25, 0.3) is 0 Å². The predicted octanol–water partition coefficient (Wildman–Crippen LogP) is 1.70. The van der Waals surface area contributed by atoms with Gasteiger partial charge in [-0.3, -0.25) is 0 Å². The first-order chi connectivity index (χ1) is 11.5. The van der Waals surface area contributed by atoms with Crippen LogP contribution >= 0.6 is 35.3 Å². The SMILES string of the molecule is I.O=S1(=O)CCC(CNC(=NCc2cccs2)N2CCC(O)CC2)C1. The number of aliphatic hydroxyl groups excluding tert-OH is 1. The molecule has 2 N–H and O–H groups in total. The Morgan fingerprint density at radius 2 is 2.12 bits per heavy atom. The molecule has 1 atom stereocenters. The molecule has 0 aliphatic carbocycles. The van der Waals surface area contributed by atoms with Crippen molar-refractivity contribution in [3.8, 4) is 0 Å². The molecule has 2 saturated heterocycles. The number of rotatable bonds is 4. The second-order valence-electron chi connectivity index (χ2n) is 6.59. The lowest BCUT2D eigenvalue weighted by Gasteiger charge is -2.33. The van der Waals surface area contributed by atoms with Crippen LogP contribution in [0.5, 0.6) is 0 Å². The molecule has 0 aromatic carbocycles. The van der Waals surface area contributed by atoms with E-state index in [2.05, 4.69) is 16.3 Å². The highest BCUT2D eigenvalue weighted by Crippen LogP contribution is 2.18. The minimum atomic E-state index is -2.85. The Hall–Kier alpha value is -0.390. The Bertz CT molecular complexity index is 656. The monoisotopic (exact) mass is 499 g/mol.